The van der Waals surface area contributed by atoms with Crippen molar-refractivity contribution in [2.75, 3.05) is 5.73 Å². The summed E-state index contributed by atoms with van der Waals surface area (Å²) in [6.45, 7) is 0.0620. The second kappa shape index (κ2) is 7.09. The minimum absolute atomic E-state index is 0.0620. The van der Waals surface area contributed by atoms with E-state index in [-0.39, 0.29) is 12.5 Å². The van der Waals surface area contributed by atoms with E-state index in [1.54, 1.807) is 36.4 Å². The highest BCUT2D eigenvalue weighted by atomic mass is 35.5. The first-order valence-electron chi connectivity index (χ1n) is 9.42. The van der Waals surface area contributed by atoms with Gasteiger partial charge < -0.3 is 15.7 Å². The number of carbonyl (C=O) groups is 1. The molecule has 1 amide bonds. The number of amides is 1. The fraction of sp³-hybridized carbons (Fsp3) is 0.0870. The molecule has 0 spiro atoms. The van der Waals surface area contributed by atoms with Crippen LogP contribution in [0.15, 0.2) is 66.7 Å². The van der Waals surface area contributed by atoms with Gasteiger partial charge in [0.1, 0.15) is 5.52 Å². The van der Waals surface area contributed by atoms with E-state index in [0.29, 0.717) is 49.8 Å². The monoisotopic (exact) mass is 416 g/mol. The van der Waals surface area contributed by atoms with Gasteiger partial charge in [0.25, 0.3) is 5.91 Å². The number of nitrogen functional groups attached to an aromatic ring is 1. The maximum absolute atomic E-state index is 12.9. The highest BCUT2D eigenvalue weighted by Crippen LogP contribution is 2.36. The number of para-hydroxylation sites is 1. The number of aliphatic hydroxyl groups excluding tert-OH is 1. The number of hydrogen-bond acceptors (Lipinski definition) is 5. The van der Waals surface area contributed by atoms with Crippen LogP contribution >= 0.6 is 11.6 Å². The van der Waals surface area contributed by atoms with E-state index in [2.05, 4.69) is 0 Å². The Morgan fingerprint density at radius 2 is 1.70 bits per heavy atom. The third kappa shape index (κ3) is 2.89. The van der Waals surface area contributed by atoms with Crippen LogP contribution in [0.1, 0.15) is 27.8 Å². The maximum Gasteiger partial charge on any atom is 0.256 e. The summed E-state index contributed by atoms with van der Waals surface area (Å²) in [5.41, 5.74) is 10.6. The lowest BCUT2D eigenvalue weighted by atomic mass is 10.1. The Balaban J connectivity index is 1.67. The summed E-state index contributed by atoms with van der Waals surface area (Å²) in [6.07, 6.45) is -1.06. The van der Waals surface area contributed by atoms with Crippen LogP contribution in [0.4, 0.5) is 5.69 Å². The highest BCUT2D eigenvalue weighted by Gasteiger charge is 2.36. The van der Waals surface area contributed by atoms with E-state index >= 15 is 0 Å². The fourth-order valence-corrected chi connectivity index (χ4v) is 4.01. The number of rotatable bonds is 3. The van der Waals surface area contributed by atoms with E-state index in [1.807, 2.05) is 30.3 Å². The van der Waals surface area contributed by atoms with Gasteiger partial charge >= 0.3 is 0 Å². The summed E-state index contributed by atoms with van der Waals surface area (Å²) < 4.78 is 0. The van der Waals surface area contributed by atoms with Crippen molar-refractivity contribution in [2.45, 2.75) is 12.8 Å². The van der Waals surface area contributed by atoms with Gasteiger partial charge in [-0.3, -0.25) is 4.79 Å². The van der Waals surface area contributed by atoms with Crippen molar-refractivity contribution in [3.8, 4) is 11.3 Å². The van der Waals surface area contributed by atoms with E-state index in [4.69, 9.17) is 27.3 Å². The molecule has 1 aromatic heterocycles. The molecule has 1 aliphatic rings. The van der Waals surface area contributed by atoms with Crippen molar-refractivity contribution in [2.24, 2.45) is 0 Å². The summed E-state index contributed by atoms with van der Waals surface area (Å²) in [5.74, 6) is -0.258. The number of benzene rings is 3. The van der Waals surface area contributed by atoms with Crippen molar-refractivity contribution in [3.63, 3.8) is 0 Å². The topological polar surface area (TPSA) is 92.3 Å². The molecule has 2 heterocycles. The molecule has 0 aliphatic carbocycles. The van der Waals surface area contributed by atoms with Crippen LogP contribution in [0, 0.1) is 0 Å². The van der Waals surface area contributed by atoms with Crippen molar-refractivity contribution in [1.29, 1.82) is 0 Å². The van der Waals surface area contributed by atoms with Gasteiger partial charge in [-0.25, -0.2) is 9.97 Å². The van der Waals surface area contributed by atoms with E-state index < -0.39 is 6.23 Å². The SMILES string of the molecule is Nc1cccc2nc(-c3ccccc3Cl)c(CN3C(=O)c4ccccc4C3O)nc12. The van der Waals surface area contributed by atoms with Crippen LogP contribution in [-0.4, -0.2) is 25.9 Å². The molecule has 1 atom stereocenters. The third-order valence-corrected chi connectivity index (χ3v) is 5.60. The molecular formula is C23H17ClN4O2. The Morgan fingerprint density at radius 3 is 2.47 bits per heavy atom. The second-order valence-electron chi connectivity index (χ2n) is 7.11. The van der Waals surface area contributed by atoms with Gasteiger partial charge in [0, 0.05) is 16.7 Å². The molecule has 0 fully saturated rings. The van der Waals surface area contributed by atoms with Gasteiger partial charge in [-0.05, 0) is 24.3 Å². The minimum Gasteiger partial charge on any atom is -0.397 e. The van der Waals surface area contributed by atoms with Crippen LogP contribution in [0.3, 0.4) is 0 Å². The Labute approximate surface area is 177 Å². The molecule has 4 aromatic rings. The predicted octanol–water partition coefficient (Wildman–Crippen LogP) is 4.18. The summed E-state index contributed by atoms with van der Waals surface area (Å²) in [6, 6.07) is 19.7. The van der Waals surface area contributed by atoms with E-state index in [1.165, 1.54) is 4.90 Å². The average Bonchev–Trinajstić information content (AvgIpc) is 2.99. The molecular weight excluding hydrogens is 400 g/mol. The van der Waals surface area contributed by atoms with Gasteiger partial charge in [-0.2, -0.15) is 0 Å². The Bertz CT molecular complexity index is 1310. The van der Waals surface area contributed by atoms with Crippen LogP contribution in [0.2, 0.25) is 5.02 Å². The first kappa shape index (κ1) is 18.5. The molecule has 7 heteroatoms. The zero-order chi connectivity index (χ0) is 20.8. The van der Waals surface area contributed by atoms with Gasteiger partial charge in [-0.15, -0.1) is 0 Å². The number of fused-ring (bicyclic) bond motifs is 2. The van der Waals surface area contributed by atoms with Crippen LogP contribution < -0.4 is 5.73 Å². The molecule has 148 valence electrons. The fourth-order valence-electron chi connectivity index (χ4n) is 3.78. The van der Waals surface area contributed by atoms with Gasteiger partial charge in [0.15, 0.2) is 6.23 Å². The molecule has 6 nitrogen and oxygen atoms in total. The summed E-state index contributed by atoms with van der Waals surface area (Å²) in [4.78, 5) is 23.8. The molecule has 0 saturated carbocycles. The molecule has 0 bridgehead atoms. The lowest BCUT2D eigenvalue weighted by Crippen LogP contribution is -2.28. The quantitative estimate of drug-likeness (QED) is 0.489. The third-order valence-electron chi connectivity index (χ3n) is 5.27. The van der Waals surface area contributed by atoms with Gasteiger partial charge in [0.2, 0.25) is 0 Å². The molecule has 5 rings (SSSR count). The van der Waals surface area contributed by atoms with Crippen molar-refractivity contribution >= 4 is 34.2 Å². The van der Waals surface area contributed by atoms with E-state index in [9.17, 15) is 9.90 Å². The van der Waals surface area contributed by atoms with Crippen LogP contribution in [0.5, 0.6) is 0 Å². The van der Waals surface area contributed by atoms with Gasteiger partial charge in [0.05, 0.1) is 34.2 Å². The lowest BCUT2D eigenvalue weighted by molar-refractivity contribution is 0.0133. The van der Waals surface area contributed by atoms with Gasteiger partial charge in [-0.1, -0.05) is 54.1 Å². The maximum atomic E-state index is 12.9. The molecule has 1 aliphatic heterocycles. The molecule has 0 radical (unpaired) electrons. The number of hydrogen-bond donors (Lipinski definition) is 2. The standard InChI is InChI=1S/C23H17ClN4O2/c24-16-9-4-3-8-15(16)20-19(27-21-17(25)10-5-11-18(21)26-20)12-28-22(29)13-6-1-2-7-14(13)23(28)30/h1-11,22,29H,12,25H2. The minimum atomic E-state index is -1.06. The first-order valence-corrected chi connectivity index (χ1v) is 9.80. The largest absolute Gasteiger partial charge is 0.397 e. The number of carbonyl (C=O) groups excluding carboxylic acids is 1. The smallest absolute Gasteiger partial charge is 0.256 e. The number of halogens is 1. The Morgan fingerprint density at radius 1 is 0.967 bits per heavy atom. The second-order valence-corrected chi connectivity index (χ2v) is 7.51. The zero-order valence-corrected chi connectivity index (χ0v) is 16.5. The Kier molecular flexibility index (Phi) is 4.38. The number of aliphatic hydroxyl groups is 1. The van der Waals surface area contributed by atoms with Crippen molar-refractivity contribution < 1.29 is 9.90 Å². The molecule has 0 saturated heterocycles. The van der Waals surface area contributed by atoms with Crippen LogP contribution in [0.25, 0.3) is 22.3 Å². The zero-order valence-electron chi connectivity index (χ0n) is 15.8. The average molecular weight is 417 g/mol. The Hall–Kier alpha value is -3.48. The van der Waals surface area contributed by atoms with E-state index in [0.717, 1.165) is 0 Å². The lowest BCUT2D eigenvalue weighted by Gasteiger charge is -2.22. The number of anilines is 1. The summed E-state index contributed by atoms with van der Waals surface area (Å²) >= 11 is 6.44. The first-order chi connectivity index (χ1) is 14.5. The number of nitrogens with two attached hydrogens (primary N) is 1. The van der Waals surface area contributed by atoms with Crippen molar-refractivity contribution in [1.82, 2.24) is 14.9 Å². The molecule has 3 aromatic carbocycles. The van der Waals surface area contributed by atoms with Crippen LogP contribution in [-0.2, 0) is 6.54 Å². The molecule has 3 N–H and O–H groups in total. The predicted molar refractivity (Wildman–Crippen MR) is 116 cm³/mol. The normalized spacial score (nSPS) is 15.6. The molecule has 30 heavy (non-hydrogen) atoms. The number of nitrogens with zero attached hydrogens (tertiary/aromatic N) is 3. The number of aromatic nitrogens is 2. The summed E-state index contributed by atoms with van der Waals surface area (Å²) in [7, 11) is 0. The highest BCUT2D eigenvalue weighted by molar-refractivity contribution is 6.33. The summed E-state index contributed by atoms with van der Waals surface area (Å²) in [5, 5.41) is 11.3. The van der Waals surface area contributed by atoms with Crippen molar-refractivity contribution in [3.05, 3.63) is 88.6 Å². The molecule has 1 unspecified atom stereocenters.